The molecule has 17 heavy (non-hydrogen) atoms. The van der Waals surface area contributed by atoms with Crippen molar-refractivity contribution < 1.29 is 28.2 Å². The number of carbonyl (C=O) groups is 2. The van der Waals surface area contributed by atoms with Gasteiger partial charge in [0.1, 0.15) is 0 Å². The number of hydrogen-bond acceptors (Lipinski definition) is 3. The summed E-state index contributed by atoms with van der Waals surface area (Å²) in [4.78, 5) is 22.2. The predicted molar refractivity (Wildman–Crippen MR) is 51.8 cm³/mol. The highest BCUT2D eigenvalue weighted by molar-refractivity contribution is 5.85. The molecule has 0 aromatic carbocycles. The molecule has 2 fully saturated rings. The average Bonchev–Trinajstić information content (AvgIpc) is 2.61. The second kappa shape index (κ2) is 3.82. The molecule has 0 aromatic rings. The molecular weight excluding hydrogens is 236 g/mol. The Labute approximate surface area is 96.1 Å². The van der Waals surface area contributed by atoms with E-state index in [1.807, 2.05) is 0 Å². The third-order valence-electron chi connectivity index (χ3n) is 3.51. The highest BCUT2D eigenvalue weighted by atomic mass is 19.3. The fourth-order valence-electron chi connectivity index (χ4n) is 2.47. The van der Waals surface area contributed by atoms with E-state index in [-0.39, 0.29) is 32.2 Å². The molecule has 96 valence electrons. The molecule has 1 aliphatic carbocycles. The summed E-state index contributed by atoms with van der Waals surface area (Å²) >= 11 is 0. The summed E-state index contributed by atoms with van der Waals surface area (Å²) in [7, 11) is 0. The minimum absolute atomic E-state index is 0.0499. The Balaban J connectivity index is 2.14. The van der Waals surface area contributed by atoms with E-state index in [4.69, 9.17) is 9.84 Å². The van der Waals surface area contributed by atoms with Crippen molar-refractivity contribution in [2.45, 2.75) is 37.2 Å². The van der Waals surface area contributed by atoms with Gasteiger partial charge in [-0.05, 0) is 12.8 Å². The van der Waals surface area contributed by atoms with Gasteiger partial charge in [0.15, 0.2) is 0 Å². The number of carboxylic acid groups (broad SMARTS) is 1. The van der Waals surface area contributed by atoms with Gasteiger partial charge in [-0.1, -0.05) is 0 Å². The van der Waals surface area contributed by atoms with Crippen molar-refractivity contribution in [3.05, 3.63) is 0 Å². The molecule has 1 amide bonds. The molecule has 5 nitrogen and oxygen atoms in total. The van der Waals surface area contributed by atoms with Gasteiger partial charge in [-0.15, -0.1) is 0 Å². The normalized spacial score (nSPS) is 32.9. The number of hydrogen-bond donors (Lipinski definition) is 2. The van der Waals surface area contributed by atoms with Crippen molar-refractivity contribution in [3.63, 3.8) is 0 Å². The summed E-state index contributed by atoms with van der Waals surface area (Å²) in [5.41, 5.74) is -1.67. The molecule has 0 bridgehead atoms. The first-order valence-electron chi connectivity index (χ1n) is 5.44. The Bertz CT molecular complexity index is 350. The molecule has 2 N–H and O–H groups in total. The average molecular weight is 249 g/mol. The van der Waals surface area contributed by atoms with Crippen LogP contribution in [-0.4, -0.2) is 35.2 Å². The SMILES string of the molecule is O=C1NCC(C(=O)O)(C2CCC(F)(F)CC2)O1. The lowest BCUT2D eigenvalue weighted by atomic mass is 9.75. The summed E-state index contributed by atoms with van der Waals surface area (Å²) in [5.74, 6) is -4.56. The topological polar surface area (TPSA) is 75.6 Å². The number of carboxylic acids is 1. The van der Waals surface area contributed by atoms with E-state index < -0.39 is 29.5 Å². The summed E-state index contributed by atoms with van der Waals surface area (Å²) in [5, 5.41) is 11.4. The van der Waals surface area contributed by atoms with Crippen LogP contribution in [0.25, 0.3) is 0 Å². The highest BCUT2D eigenvalue weighted by Gasteiger charge is 2.55. The maximum Gasteiger partial charge on any atom is 0.408 e. The minimum Gasteiger partial charge on any atom is -0.478 e. The van der Waals surface area contributed by atoms with Gasteiger partial charge in [0.25, 0.3) is 0 Å². The lowest BCUT2D eigenvalue weighted by Gasteiger charge is -2.36. The van der Waals surface area contributed by atoms with Gasteiger partial charge in [-0.25, -0.2) is 18.4 Å². The smallest absolute Gasteiger partial charge is 0.408 e. The van der Waals surface area contributed by atoms with Crippen LogP contribution in [0.2, 0.25) is 0 Å². The summed E-state index contributed by atoms with van der Waals surface area (Å²) in [6.45, 7) is -0.155. The van der Waals surface area contributed by atoms with Crippen LogP contribution in [0.5, 0.6) is 0 Å². The van der Waals surface area contributed by atoms with Crippen LogP contribution in [0.4, 0.5) is 13.6 Å². The lowest BCUT2D eigenvalue weighted by molar-refractivity contribution is -0.164. The number of amides is 1. The van der Waals surface area contributed by atoms with Crippen LogP contribution in [0.3, 0.4) is 0 Å². The molecule has 1 aliphatic heterocycles. The molecule has 7 heteroatoms. The predicted octanol–water partition coefficient (Wildman–Crippen LogP) is 1.38. The number of ether oxygens (including phenoxy) is 1. The number of alkyl carbamates (subject to hydrolysis) is 1. The number of carbonyl (C=O) groups excluding carboxylic acids is 1. The van der Waals surface area contributed by atoms with Crippen molar-refractivity contribution >= 4 is 12.1 Å². The van der Waals surface area contributed by atoms with Crippen LogP contribution < -0.4 is 5.32 Å². The quantitative estimate of drug-likeness (QED) is 0.775. The van der Waals surface area contributed by atoms with Gasteiger partial charge in [0, 0.05) is 18.8 Å². The van der Waals surface area contributed by atoms with Crippen molar-refractivity contribution in [2.24, 2.45) is 5.92 Å². The standard InChI is InChI=1S/C10H13F2NO4/c11-9(12)3-1-6(2-4-9)10(7(14)15)5-13-8(16)17-10/h6H,1-5H2,(H,13,16)(H,14,15). The van der Waals surface area contributed by atoms with E-state index in [0.29, 0.717) is 0 Å². The molecular formula is C10H13F2NO4. The highest BCUT2D eigenvalue weighted by Crippen LogP contribution is 2.42. The van der Waals surface area contributed by atoms with Crippen LogP contribution in [0.1, 0.15) is 25.7 Å². The summed E-state index contributed by atoms with van der Waals surface area (Å²) < 4.78 is 30.8. The van der Waals surface area contributed by atoms with E-state index in [2.05, 4.69) is 5.32 Å². The Hall–Kier alpha value is -1.40. The minimum atomic E-state index is -2.73. The van der Waals surface area contributed by atoms with E-state index in [9.17, 15) is 18.4 Å². The summed E-state index contributed by atoms with van der Waals surface area (Å²) in [6.07, 6.45) is -1.42. The Morgan fingerprint density at radius 3 is 2.41 bits per heavy atom. The molecule has 1 unspecified atom stereocenters. The summed E-state index contributed by atoms with van der Waals surface area (Å²) in [6, 6.07) is 0. The number of halogens is 2. The van der Waals surface area contributed by atoms with E-state index >= 15 is 0 Å². The largest absolute Gasteiger partial charge is 0.478 e. The van der Waals surface area contributed by atoms with Crippen LogP contribution in [-0.2, 0) is 9.53 Å². The Morgan fingerprint density at radius 1 is 1.41 bits per heavy atom. The van der Waals surface area contributed by atoms with Gasteiger partial charge in [-0.3, -0.25) is 0 Å². The van der Waals surface area contributed by atoms with E-state index in [0.717, 1.165) is 0 Å². The number of nitrogens with one attached hydrogen (secondary N) is 1. The van der Waals surface area contributed by atoms with Gasteiger partial charge in [0.2, 0.25) is 11.5 Å². The van der Waals surface area contributed by atoms with Gasteiger partial charge in [0.05, 0.1) is 6.54 Å². The Morgan fingerprint density at radius 2 is 2.00 bits per heavy atom. The van der Waals surface area contributed by atoms with E-state index in [1.165, 1.54) is 0 Å². The zero-order valence-corrected chi connectivity index (χ0v) is 9.04. The number of aliphatic carboxylic acids is 1. The molecule has 1 heterocycles. The molecule has 2 aliphatic rings. The first-order chi connectivity index (χ1) is 7.86. The fraction of sp³-hybridized carbons (Fsp3) is 0.800. The number of rotatable bonds is 2. The monoisotopic (exact) mass is 249 g/mol. The first kappa shape index (κ1) is 12.1. The lowest BCUT2D eigenvalue weighted by Crippen LogP contribution is -2.51. The molecule has 0 spiro atoms. The van der Waals surface area contributed by atoms with Crippen molar-refractivity contribution in [1.29, 1.82) is 0 Å². The first-order valence-corrected chi connectivity index (χ1v) is 5.44. The van der Waals surface area contributed by atoms with Crippen molar-refractivity contribution in [1.82, 2.24) is 5.32 Å². The number of alkyl halides is 2. The van der Waals surface area contributed by atoms with Crippen molar-refractivity contribution in [3.8, 4) is 0 Å². The molecule has 1 saturated carbocycles. The van der Waals surface area contributed by atoms with Crippen LogP contribution >= 0.6 is 0 Å². The number of cyclic esters (lactones) is 1. The van der Waals surface area contributed by atoms with Gasteiger partial charge < -0.3 is 15.2 Å². The molecule has 1 saturated heterocycles. The maximum absolute atomic E-state index is 13.0. The van der Waals surface area contributed by atoms with Crippen LogP contribution in [0.15, 0.2) is 0 Å². The molecule has 0 radical (unpaired) electrons. The molecule has 0 aromatic heterocycles. The second-order valence-corrected chi connectivity index (χ2v) is 4.57. The van der Waals surface area contributed by atoms with Gasteiger partial charge in [-0.2, -0.15) is 0 Å². The van der Waals surface area contributed by atoms with Gasteiger partial charge >= 0.3 is 12.1 Å². The zero-order valence-electron chi connectivity index (χ0n) is 9.04. The van der Waals surface area contributed by atoms with E-state index in [1.54, 1.807) is 0 Å². The third-order valence-corrected chi connectivity index (χ3v) is 3.51. The zero-order chi connectivity index (χ0) is 12.7. The maximum atomic E-state index is 13.0. The molecule has 2 rings (SSSR count). The second-order valence-electron chi connectivity index (χ2n) is 4.57. The van der Waals surface area contributed by atoms with Crippen molar-refractivity contribution in [2.75, 3.05) is 6.54 Å². The molecule has 1 atom stereocenters. The van der Waals surface area contributed by atoms with Crippen LogP contribution in [0, 0.1) is 5.92 Å². The third kappa shape index (κ3) is 2.05. The fourth-order valence-corrected chi connectivity index (χ4v) is 2.47. The Kier molecular flexibility index (Phi) is 2.71.